The molecule has 0 unspecified atom stereocenters. The first-order valence-corrected chi connectivity index (χ1v) is 10.7. The number of hydrogen-bond acceptors (Lipinski definition) is 6. The summed E-state index contributed by atoms with van der Waals surface area (Å²) in [7, 11) is 1.75. The second-order valence-electron chi connectivity index (χ2n) is 7.25. The molecule has 0 bridgehead atoms. The van der Waals surface area contributed by atoms with Crippen molar-refractivity contribution >= 4 is 28.7 Å². The fourth-order valence-electron chi connectivity index (χ4n) is 3.82. The Bertz CT molecular complexity index is 1050. The summed E-state index contributed by atoms with van der Waals surface area (Å²) in [4.78, 5) is 23.2. The van der Waals surface area contributed by atoms with Crippen LogP contribution in [-0.2, 0) is 4.79 Å². The molecule has 0 saturated heterocycles. The maximum atomic E-state index is 12.8. The quantitative estimate of drug-likeness (QED) is 0.475. The molecule has 4 rings (SSSR count). The summed E-state index contributed by atoms with van der Waals surface area (Å²) in [6.45, 7) is 0. The summed E-state index contributed by atoms with van der Waals surface area (Å²) < 4.78 is 1.77. The molecule has 1 amide bonds. The summed E-state index contributed by atoms with van der Waals surface area (Å²) in [5, 5.41) is 15.7. The van der Waals surface area contributed by atoms with Crippen LogP contribution in [0.5, 0.6) is 0 Å². The van der Waals surface area contributed by atoms with Gasteiger partial charge >= 0.3 is 0 Å². The highest BCUT2D eigenvalue weighted by molar-refractivity contribution is 8.00. The highest BCUT2D eigenvalue weighted by Gasteiger charge is 2.38. The van der Waals surface area contributed by atoms with Crippen molar-refractivity contribution in [1.82, 2.24) is 24.6 Å². The average molecular weight is 407 g/mol. The van der Waals surface area contributed by atoms with Crippen LogP contribution in [0, 0.1) is 11.3 Å². The van der Waals surface area contributed by atoms with E-state index in [1.165, 1.54) is 18.1 Å². The van der Waals surface area contributed by atoms with Gasteiger partial charge in [0.05, 0.1) is 29.1 Å². The van der Waals surface area contributed by atoms with E-state index in [2.05, 4.69) is 21.1 Å². The third-order valence-corrected chi connectivity index (χ3v) is 6.56. The number of carbonyl (C=O) groups is 1. The number of amides is 1. The Morgan fingerprint density at radius 2 is 2.00 bits per heavy atom. The van der Waals surface area contributed by atoms with E-state index in [0.717, 1.165) is 43.2 Å². The van der Waals surface area contributed by atoms with Gasteiger partial charge in [0, 0.05) is 7.05 Å². The maximum absolute atomic E-state index is 12.8. The smallest absolute Gasteiger partial charge is 0.234 e. The van der Waals surface area contributed by atoms with Gasteiger partial charge in [-0.2, -0.15) is 10.4 Å². The second-order valence-corrected chi connectivity index (χ2v) is 8.22. The number of thioether (sulfide) groups is 1. The Morgan fingerprint density at radius 1 is 1.24 bits per heavy atom. The number of nitrogens with zero attached hydrogens (tertiary/aromatic N) is 6. The van der Waals surface area contributed by atoms with E-state index in [-0.39, 0.29) is 11.7 Å². The van der Waals surface area contributed by atoms with Gasteiger partial charge < -0.3 is 4.90 Å². The van der Waals surface area contributed by atoms with Crippen molar-refractivity contribution < 1.29 is 4.79 Å². The molecule has 2 heterocycles. The van der Waals surface area contributed by atoms with E-state index in [1.807, 2.05) is 30.3 Å². The van der Waals surface area contributed by atoms with Crippen molar-refractivity contribution in [2.45, 2.75) is 42.7 Å². The Hall–Kier alpha value is -2.92. The number of para-hydroxylation sites is 1. The van der Waals surface area contributed by atoms with Crippen molar-refractivity contribution in [3.8, 4) is 11.8 Å². The van der Waals surface area contributed by atoms with E-state index >= 15 is 0 Å². The minimum Gasteiger partial charge on any atom is -0.326 e. The Labute approximate surface area is 173 Å². The molecule has 7 nitrogen and oxygen atoms in total. The highest BCUT2D eigenvalue weighted by Crippen LogP contribution is 2.33. The third-order valence-electron chi connectivity index (χ3n) is 5.57. The zero-order chi connectivity index (χ0) is 20.3. The van der Waals surface area contributed by atoms with Crippen molar-refractivity contribution in [2.75, 3.05) is 12.8 Å². The van der Waals surface area contributed by atoms with Crippen molar-refractivity contribution in [3.63, 3.8) is 0 Å². The maximum Gasteiger partial charge on any atom is 0.234 e. The van der Waals surface area contributed by atoms with Crippen molar-refractivity contribution in [3.05, 3.63) is 42.9 Å². The van der Waals surface area contributed by atoms with Gasteiger partial charge in [0.2, 0.25) is 5.91 Å². The first kappa shape index (κ1) is 19.4. The molecule has 3 aromatic rings. The van der Waals surface area contributed by atoms with Crippen LogP contribution >= 0.6 is 11.8 Å². The van der Waals surface area contributed by atoms with E-state index in [0.29, 0.717) is 10.7 Å². The lowest BCUT2D eigenvalue weighted by Gasteiger charge is -2.39. The third kappa shape index (κ3) is 3.70. The molecule has 2 aromatic heterocycles. The number of carbonyl (C=O) groups excluding carboxylic acids is 1. The van der Waals surface area contributed by atoms with E-state index < -0.39 is 5.54 Å². The zero-order valence-corrected chi connectivity index (χ0v) is 17.1. The normalized spacial score (nSPS) is 15.7. The Balaban J connectivity index is 1.52. The number of nitriles is 1. The molecule has 1 saturated carbocycles. The van der Waals surface area contributed by atoms with Crippen LogP contribution in [0.25, 0.3) is 16.7 Å². The van der Waals surface area contributed by atoms with E-state index in [4.69, 9.17) is 0 Å². The molecule has 0 aliphatic heterocycles. The molecule has 1 aliphatic rings. The second kappa shape index (κ2) is 8.21. The lowest BCUT2D eigenvalue weighted by molar-refractivity contribution is -0.131. The van der Waals surface area contributed by atoms with Crippen LogP contribution in [0.2, 0.25) is 0 Å². The standard InChI is InChI=1S/C21H22N6OS/c1-26(21(14-22)10-6-3-7-11-21)18(28)13-29-20-17-12-25-27(19(17)23-15-24-20)16-8-4-2-5-9-16/h2,4-5,8-9,12,15H,3,6-7,10-11,13H2,1H3. The SMILES string of the molecule is CN(C(=O)CSc1ncnc2c1cnn2-c1ccccc1)C1(C#N)CCCCC1. The molecule has 148 valence electrons. The molecule has 29 heavy (non-hydrogen) atoms. The number of fused-ring (bicyclic) bond motifs is 1. The fourth-order valence-corrected chi connectivity index (χ4v) is 4.70. The molecule has 0 radical (unpaired) electrons. The molecule has 0 atom stereocenters. The van der Waals surface area contributed by atoms with Crippen molar-refractivity contribution in [1.29, 1.82) is 5.26 Å². The summed E-state index contributed by atoms with van der Waals surface area (Å²) in [6.07, 6.45) is 7.84. The van der Waals surface area contributed by atoms with Gasteiger partial charge in [0.25, 0.3) is 0 Å². The van der Waals surface area contributed by atoms with Crippen LogP contribution in [0.15, 0.2) is 47.9 Å². The lowest BCUT2D eigenvalue weighted by atomic mass is 9.81. The topological polar surface area (TPSA) is 87.7 Å². The van der Waals surface area contributed by atoms with Crippen LogP contribution in [0.4, 0.5) is 0 Å². The molecular weight excluding hydrogens is 384 g/mol. The van der Waals surface area contributed by atoms with E-state index in [1.54, 1.807) is 22.8 Å². The van der Waals surface area contributed by atoms with Crippen LogP contribution in [-0.4, -0.2) is 48.9 Å². The first-order chi connectivity index (χ1) is 14.1. The van der Waals surface area contributed by atoms with Gasteiger partial charge in [-0.3, -0.25) is 4.79 Å². The minimum absolute atomic E-state index is 0.0549. The first-order valence-electron chi connectivity index (χ1n) is 9.69. The van der Waals surface area contributed by atoms with Crippen molar-refractivity contribution in [2.24, 2.45) is 0 Å². The van der Waals surface area contributed by atoms with Crippen LogP contribution < -0.4 is 0 Å². The predicted molar refractivity (Wildman–Crippen MR) is 112 cm³/mol. The van der Waals surface area contributed by atoms with E-state index in [9.17, 15) is 10.1 Å². The summed E-state index contributed by atoms with van der Waals surface area (Å²) in [5.74, 6) is 0.170. The molecule has 0 spiro atoms. The molecule has 0 N–H and O–H groups in total. The van der Waals surface area contributed by atoms with Gasteiger partial charge in [-0.1, -0.05) is 49.2 Å². The van der Waals surface area contributed by atoms with Gasteiger partial charge in [-0.15, -0.1) is 0 Å². The number of aromatic nitrogens is 4. The van der Waals surface area contributed by atoms with Crippen LogP contribution in [0.3, 0.4) is 0 Å². The van der Waals surface area contributed by atoms with Crippen LogP contribution in [0.1, 0.15) is 32.1 Å². The highest BCUT2D eigenvalue weighted by atomic mass is 32.2. The molecule has 8 heteroatoms. The van der Waals surface area contributed by atoms with Gasteiger partial charge in [-0.05, 0) is 25.0 Å². The molecule has 1 aromatic carbocycles. The predicted octanol–water partition coefficient (Wildman–Crippen LogP) is 3.59. The number of benzene rings is 1. The Morgan fingerprint density at radius 3 is 2.72 bits per heavy atom. The average Bonchev–Trinajstić information content (AvgIpc) is 3.22. The Kier molecular flexibility index (Phi) is 5.49. The lowest BCUT2D eigenvalue weighted by Crippen LogP contribution is -2.50. The summed E-state index contributed by atoms with van der Waals surface area (Å²) in [6, 6.07) is 12.2. The summed E-state index contributed by atoms with van der Waals surface area (Å²) in [5.41, 5.74) is 0.950. The summed E-state index contributed by atoms with van der Waals surface area (Å²) >= 11 is 1.36. The molecule has 1 fully saturated rings. The van der Waals surface area contributed by atoms with Gasteiger partial charge in [-0.25, -0.2) is 14.6 Å². The number of hydrogen-bond donors (Lipinski definition) is 0. The number of rotatable bonds is 5. The van der Waals surface area contributed by atoms with Gasteiger partial charge in [0.15, 0.2) is 5.65 Å². The fraction of sp³-hybridized carbons (Fsp3) is 0.381. The largest absolute Gasteiger partial charge is 0.326 e. The molecular formula is C21H22N6OS. The van der Waals surface area contributed by atoms with Gasteiger partial charge in [0.1, 0.15) is 16.9 Å². The minimum atomic E-state index is -0.672. The zero-order valence-electron chi connectivity index (χ0n) is 16.3. The molecule has 1 aliphatic carbocycles. The monoisotopic (exact) mass is 406 g/mol.